The van der Waals surface area contributed by atoms with Gasteiger partial charge in [-0.25, -0.2) is 0 Å². The molecule has 0 amide bonds. The van der Waals surface area contributed by atoms with Gasteiger partial charge >= 0.3 is 5.97 Å². The van der Waals surface area contributed by atoms with Crippen molar-refractivity contribution in [1.29, 1.82) is 0 Å². The van der Waals surface area contributed by atoms with Crippen molar-refractivity contribution in [3.05, 3.63) is 11.6 Å². The molecule has 176 valence electrons. The fourth-order valence-corrected chi connectivity index (χ4v) is 8.89. The minimum atomic E-state index is -0.115. The summed E-state index contributed by atoms with van der Waals surface area (Å²) in [4.78, 5) is 11.5. The Hall–Kier alpha value is -0.790. The van der Waals surface area contributed by atoms with Gasteiger partial charge in [0.25, 0.3) is 0 Å². The summed E-state index contributed by atoms with van der Waals surface area (Å²) >= 11 is 0. The Morgan fingerprint density at radius 1 is 1.10 bits per heavy atom. The van der Waals surface area contributed by atoms with Gasteiger partial charge in [0.05, 0.1) is 0 Å². The van der Waals surface area contributed by atoms with Crippen LogP contribution in [0.4, 0.5) is 0 Å². The predicted molar refractivity (Wildman–Crippen MR) is 129 cm³/mol. The molecule has 0 N–H and O–H groups in total. The largest absolute Gasteiger partial charge is 0.462 e. The first-order valence-corrected chi connectivity index (χ1v) is 13.6. The second kappa shape index (κ2) is 8.86. The van der Waals surface area contributed by atoms with E-state index in [1.54, 1.807) is 12.5 Å². The molecule has 0 aliphatic heterocycles. The number of carbonyl (C=O) groups is 1. The van der Waals surface area contributed by atoms with Gasteiger partial charge in [-0.3, -0.25) is 4.79 Å². The molecule has 0 spiro atoms. The first-order valence-electron chi connectivity index (χ1n) is 13.6. The van der Waals surface area contributed by atoms with E-state index in [1.807, 2.05) is 0 Å². The highest BCUT2D eigenvalue weighted by molar-refractivity contribution is 5.66. The quantitative estimate of drug-likeness (QED) is 0.317. The van der Waals surface area contributed by atoms with E-state index >= 15 is 0 Å². The maximum atomic E-state index is 11.5. The average Bonchev–Trinajstić information content (AvgIpc) is 3.09. The lowest BCUT2D eigenvalue weighted by atomic mass is 9.47. The SMILES string of the molecule is CCC(C)CCC(C)C1CCC2C3CC=C4CC(OC(C)=O)CCC4(C)C3CCC12C. The van der Waals surface area contributed by atoms with E-state index in [0.29, 0.717) is 10.8 Å². The Morgan fingerprint density at radius 2 is 1.87 bits per heavy atom. The van der Waals surface area contributed by atoms with Crippen molar-refractivity contribution >= 4 is 5.97 Å². The van der Waals surface area contributed by atoms with Crippen LogP contribution in [0.25, 0.3) is 0 Å². The van der Waals surface area contributed by atoms with Crippen molar-refractivity contribution in [2.45, 2.75) is 118 Å². The second-order valence-electron chi connectivity index (χ2n) is 12.5. The molecule has 0 saturated heterocycles. The Labute approximate surface area is 192 Å². The number of hydrogen-bond acceptors (Lipinski definition) is 2. The predicted octanol–water partition coefficient (Wildman–Crippen LogP) is 7.96. The average molecular weight is 429 g/mol. The molecule has 9 atom stereocenters. The van der Waals surface area contributed by atoms with E-state index in [2.05, 4.69) is 40.7 Å². The minimum Gasteiger partial charge on any atom is -0.462 e. The van der Waals surface area contributed by atoms with Gasteiger partial charge in [0.1, 0.15) is 6.10 Å². The van der Waals surface area contributed by atoms with Crippen molar-refractivity contribution in [1.82, 2.24) is 0 Å². The van der Waals surface area contributed by atoms with Gasteiger partial charge in [-0.1, -0.05) is 65.5 Å². The summed E-state index contributed by atoms with van der Waals surface area (Å²) in [5.74, 6) is 5.22. The van der Waals surface area contributed by atoms with Crippen LogP contribution in [-0.2, 0) is 9.53 Å². The number of ether oxygens (including phenoxy) is 1. The highest BCUT2D eigenvalue weighted by atomic mass is 16.5. The summed E-state index contributed by atoms with van der Waals surface area (Å²) in [6.45, 7) is 14.1. The van der Waals surface area contributed by atoms with Crippen LogP contribution in [0.15, 0.2) is 11.6 Å². The van der Waals surface area contributed by atoms with Crippen LogP contribution in [0.5, 0.6) is 0 Å². The van der Waals surface area contributed by atoms with Gasteiger partial charge in [0, 0.05) is 13.3 Å². The summed E-state index contributed by atoms with van der Waals surface area (Å²) in [5.41, 5.74) is 2.53. The van der Waals surface area contributed by atoms with Gasteiger partial charge < -0.3 is 4.74 Å². The lowest BCUT2D eigenvalue weighted by Gasteiger charge is -2.58. The van der Waals surface area contributed by atoms with Gasteiger partial charge in [-0.2, -0.15) is 0 Å². The van der Waals surface area contributed by atoms with Crippen LogP contribution in [0.3, 0.4) is 0 Å². The van der Waals surface area contributed by atoms with Gasteiger partial charge in [0.15, 0.2) is 0 Å². The minimum absolute atomic E-state index is 0.115. The van der Waals surface area contributed by atoms with Crippen LogP contribution in [0, 0.1) is 46.3 Å². The van der Waals surface area contributed by atoms with Crippen molar-refractivity contribution in [2.24, 2.45) is 46.3 Å². The normalized spacial score (nSPS) is 43.8. The van der Waals surface area contributed by atoms with Gasteiger partial charge in [-0.15, -0.1) is 0 Å². The van der Waals surface area contributed by atoms with Crippen molar-refractivity contribution in [3.63, 3.8) is 0 Å². The van der Waals surface area contributed by atoms with Crippen LogP contribution < -0.4 is 0 Å². The van der Waals surface area contributed by atoms with Crippen molar-refractivity contribution < 1.29 is 9.53 Å². The topological polar surface area (TPSA) is 26.3 Å². The fraction of sp³-hybridized carbons (Fsp3) is 0.897. The molecule has 0 radical (unpaired) electrons. The Morgan fingerprint density at radius 3 is 2.58 bits per heavy atom. The number of allylic oxidation sites excluding steroid dienone is 1. The zero-order valence-electron chi connectivity index (χ0n) is 21.2. The summed E-state index contributed by atoms with van der Waals surface area (Å²) in [7, 11) is 0. The van der Waals surface area contributed by atoms with Crippen LogP contribution in [0.2, 0.25) is 0 Å². The smallest absolute Gasteiger partial charge is 0.302 e. The molecule has 4 aliphatic rings. The molecular weight excluding hydrogens is 380 g/mol. The van der Waals surface area contributed by atoms with Gasteiger partial charge in [0.2, 0.25) is 0 Å². The Balaban J connectivity index is 1.48. The lowest BCUT2D eigenvalue weighted by molar-refractivity contribution is -0.148. The molecule has 0 aromatic carbocycles. The van der Waals surface area contributed by atoms with Crippen LogP contribution in [0.1, 0.15) is 112 Å². The standard InChI is InChI=1S/C29H48O2/c1-7-19(2)8-9-20(3)25-12-13-26-24-11-10-22-18-23(31-21(4)30)14-16-28(22,5)27(24)15-17-29(25,26)6/h10,19-20,23-27H,7-9,11-18H2,1-6H3. The summed E-state index contributed by atoms with van der Waals surface area (Å²) in [6, 6.07) is 0. The number of fused-ring (bicyclic) bond motifs is 5. The number of carbonyl (C=O) groups excluding carboxylic acids is 1. The highest BCUT2D eigenvalue weighted by Gasteiger charge is 2.59. The van der Waals surface area contributed by atoms with E-state index in [4.69, 9.17) is 4.74 Å². The van der Waals surface area contributed by atoms with E-state index in [9.17, 15) is 4.79 Å². The first kappa shape index (κ1) is 23.4. The molecule has 3 fully saturated rings. The van der Waals surface area contributed by atoms with E-state index in [1.165, 1.54) is 57.8 Å². The first-order chi connectivity index (χ1) is 14.7. The third kappa shape index (κ3) is 4.15. The molecule has 0 aromatic heterocycles. The second-order valence-corrected chi connectivity index (χ2v) is 12.5. The highest BCUT2D eigenvalue weighted by Crippen LogP contribution is 2.67. The number of rotatable bonds is 6. The van der Waals surface area contributed by atoms with Crippen molar-refractivity contribution in [2.75, 3.05) is 0 Å². The number of esters is 1. The summed E-state index contributed by atoms with van der Waals surface area (Å²) < 4.78 is 5.62. The van der Waals surface area contributed by atoms with E-state index < -0.39 is 0 Å². The molecule has 31 heavy (non-hydrogen) atoms. The third-order valence-corrected chi connectivity index (χ3v) is 11.0. The third-order valence-electron chi connectivity index (χ3n) is 11.0. The molecule has 4 aliphatic carbocycles. The van der Waals surface area contributed by atoms with Crippen LogP contribution in [-0.4, -0.2) is 12.1 Å². The zero-order valence-corrected chi connectivity index (χ0v) is 21.2. The molecule has 4 rings (SSSR count). The van der Waals surface area contributed by atoms with E-state index in [0.717, 1.165) is 48.3 Å². The number of hydrogen-bond donors (Lipinski definition) is 0. The van der Waals surface area contributed by atoms with Crippen molar-refractivity contribution in [3.8, 4) is 0 Å². The maximum absolute atomic E-state index is 11.5. The molecular formula is C29H48O2. The Bertz CT molecular complexity index is 695. The Kier molecular flexibility index (Phi) is 6.68. The monoisotopic (exact) mass is 428 g/mol. The molecule has 2 heteroatoms. The molecule has 2 nitrogen and oxygen atoms in total. The fourth-order valence-electron chi connectivity index (χ4n) is 8.89. The molecule has 0 aromatic rings. The molecule has 0 heterocycles. The maximum Gasteiger partial charge on any atom is 0.302 e. The van der Waals surface area contributed by atoms with E-state index in [-0.39, 0.29) is 12.1 Å². The summed E-state index contributed by atoms with van der Waals surface area (Å²) in [5, 5.41) is 0. The zero-order chi connectivity index (χ0) is 22.4. The van der Waals surface area contributed by atoms with Gasteiger partial charge in [-0.05, 0) is 91.3 Å². The summed E-state index contributed by atoms with van der Waals surface area (Å²) in [6.07, 6.45) is 17.2. The lowest BCUT2D eigenvalue weighted by Crippen LogP contribution is -2.51. The van der Waals surface area contributed by atoms with Crippen LogP contribution >= 0.6 is 0 Å². The molecule has 3 saturated carbocycles. The molecule has 9 unspecified atom stereocenters. The molecule has 0 bridgehead atoms.